The average Bonchev–Trinajstić information content (AvgIpc) is 3.27. The summed E-state index contributed by atoms with van der Waals surface area (Å²) in [6.07, 6.45) is 0. The fourth-order valence-corrected chi connectivity index (χ4v) is 4.28. The highest BCUT2D eigenvalue weighted by Gasteiger charge is 2.18. The van der Waals surface area contributed by atoms with Crippen LogP contribution in [0.15, 0.2) is 59.1 Å². The molecule has 0 saturated carbocycles. The van der Waals surface area contributed by atoms with Gasteiger partial charge in [-0.25, -0.2) is 13.9 Å². The highest BCUT2D eigenvalue weighted by atomic mass is 79.9. The molecule has 0 aliphatic heterocycles. The van der Waals surface area contributed by atoms with Crippen LogP contribution in [0, 0.1) is 12.7 Å². The van der Waals surface area contributed by atoms with E-state index < -0.39 is 5.97 Å². The second-order valence-corrected chi connectivity index (χ2v) is 8.19. The lowest BCUT2D eigenvalue weighted by Crippen LogP contribution is -2.11. The van der Waals surface area contributed by atoms with Gasteiger partial charge in [0.1, 0.15) is 34.5 Å². The normalized spacial score (nSPS) is 11.0. The number of hydrogen-bond acceptors (Lipinski definition) is 5. The van der Waals surface area contributed by atoms with Crippen LogP contribution in [0.4, 0.5) is 4.39 Å². The predicted octanol–water partition coefficient (Wildman–Crippen LogP) is 5.53. The van der Waals surface area contributed by atoms with Crippen molar-refractivity contribution in [2.45, 2.75) is 6.92 Å². The standard InChI is InChI=1S/C21H16BrFN2O3S/c1-13-18-12-19(21(26)28-10-9-27-17-4-2-3-14(22)11-17)29-20(18)25(24-13)16-7-5-15(23)6-8-16/h2-8,11-12H,9-10H2,1H3. The van der Waals surface area contributed by atoms with Crippen LogP contribution in [0.5, 0.6) is 5.75 Å². The minimum absolute atomic E-state index is 0.142. The Hall–Kier alpha value is -2.71. The number of rotatable bonds is 6. The van der Waals surface area contributed by atoms with Crippen LogP contribution in [0.25, 0.3) is 15.9 Å². The van der Waals surface area contributed by atoms with Gasteiger partial charge < -0.3 is 9.47 Å². The van der Waals surface area contributed by atoms with Gasteiger partial charge in [-0.05, 0) is 55.5 Å². The van der Waals surface area contributed by atoms with E-state index in [0.717, 1.165) is 26.1 Å². The number of benzene rings is 2. The number of nitrogens with zero attached hydrogens (tertiary/aromatic N) is 2. The van der Waals surface area contributed by atoms with Crippen molar-refractivity contribution in [3.8, 4) is 11.4 Å². The van der Waals surface area contributed by atoms with Gasteiger partial charge in [0.25, 0.3) is 0 Å². The maximum atomic E-state index is 13.2. The monoisotopic (exact) mass is 474 g/mol. The van der Waals surface area contributed by atoms with Crippen molar-refractivity contribution < 1.29 is 18.7 Å². The number of carbonyl (C=O) groups is 1. The molecule has 2 heterocycles. The number of hydrogen-bond donors (Lipinski definition) is 0. The van der Waals surface area contributed by atoms with Crippen molar-refractivity contribution in [2.24, 2.45) is 0 Å². The minimum Gasteiger partial charge on any atom is -0.490 e. The van der Waals surface area contributed by atoms with Crippen LogP contribution in [-0.2, 0) is 4.74 Å². The van der Waals surface area contributed by atoms with Gasteiger partial charge in [-0.2, -0.15) is 5.10 Å². The Morgan fingerprint density at radius 2 is 1.97 bits per heavy atom. The molecule has 0 amide bonds. The fraction of sp³-hybridized carbons (Fsp3) is 0.143. The molecule has 4 aromatic rings. The summed E-state index contributed by atoms with van der Waals surface area (Å²) in [6.45, 7) is 2.27. The van der Waals surface area contributed by atoms with Crippen molar-refractivity contribution in [3.63, 3.8) is 0 Å². The molecule has 0 aliphatic rings. The third kappa shape index (κ3) is 4.33. The van der Waals surface area contributed by atoms with E-state index in [0.29, 0.717) is 10.6 Å². The van der Waals surface area contributed by atoms with E-state index in [4.69, 9.17) is 9.47 Å². The van der Waals surface area contributed by atoms with E-state index >= 15 is 0 Å². The molecule has 0 fully saturated rings. The van der Waals surface area contributed by atoms with Crippen molar-refractivity contribution in [1.29, 1.82) is 0 Å². The predicted molar refractivity (Wildman–Crippen MR) is 114 cm³/mol. The molecule has 0 radical (unpaired) electrons. The second kappa shape index (κ2) is 8.34. The van der Waals surface area contributed by atoms with Crippen LogP contribution in [-0.4, -0.2) is 29.0 Å². The van der Waals surface area contributed by atoms with Gasteiger partial charge >= 0.3 is 5.97 Å². The fourth-order valence-electron chi connectivity index (χ4n) is 2.83. The van der Waals surface area contributed by atoms with Gasteiger partial charge in [-0.15, -0.1) is 11.3 Å². The number of ether oxygens (including phenoxy) is 2. The Morgan fingerprint density at radius 1 is 1.17 bits per heavy atom. The molecule has 0 aliphatic carbocycles. The molecule has 2 aromatic heterocycles. The first kappa shape index (κ1) is 19.6. The van der Waals surface area contributed by atoms with Crippen molar-refractivity contribution >= 4 is 43.5 Å². The lowest BCUT2D eigenvalue weighted by molar-refractivity contribution is 0.0456. The molecule has 8 heteroatoms. The molecule has 148 valence electrons. The molecule has 0 N–H and O–H groups in total. The maximum Gasteiger partial charge on any atom is 0.348 e. The highest BCUT2D eigenvalue weighted by molar-refractivity contribution is 9.10. The van der Waals surface area contributed by atoms with Crippen molar-refractivity contribution in [3.05, 3.63) is 75.5 Å². The largest absolute Gasteiger partial charge is 0.490 e. The van der Waals surface area contributed by atoms with Gasteiger partial charge in [0.05, 0.1) is 11.4 Å². The molecule has 29 heavy (non-hydrogen) atoms. The second-order valence-electron chi connectivity index (χ2n) is 6.24. The Kier molecular flexibility index (Phi) is 5.64. The van der Waals surface area contributed by atoms with Crippen LogP contribution in [0.3, 0.4) is 0 Å². The summed E-state index contributed by atoms with van der Waals surface area (Å²) < 4.78 is 26.7. The summed E-state index contributed by atoms with van der Waals surface area (Å²) >= 11 is 4.67. The number of fused-ring (bicyclic) bond motifs is 1. The topological polar surface area (TPSA) is 53.4 Å². The Bertz CT molecular complexity index is 1170. The third-order valence-electron chi connectivity index (χ3n) is 4.20. The molecule has 0 spiro atoms. The van der Waals surface area contributed by atoms with Crippen LogP contribution in [0.1, 0.15) is 15.4 Å². The van der Waals surface area contributed by atoms with Gasteiger partial charge in [0.2, 0.25) is 0 Å². The van der Waals surface area contributed by atoms with E-state index in [2.05, 4.69) is 21.0 Å². The highest BCUT2D eigenvalue weighted by Crippen LogP contribution is 2.31. The van der Waals surface area contributed by atoms with E-state index in [1.54, 1.807) is 22.9 Å². The molecule has 0 bridgehead atoms. The van der Waals surface area contributed by atoms with Crippen molar-refractivity contribution in [1.82, 2.24) is 9.78 Å². The number of aryl methyl sites for hydroxylation is 1. The smallest absolute Gasteiger partial charge is 0.348 e. The molecule has 0 saturated heterocycles. The molecule has 0 atom stereocenters. The first-order valence-corrected chi connectivity index (χ1v) is 10.4. The minimum atomic E-state index is -0.408. The molecule has 0 unspecified atom stereocenters. The lowest BCUT2D eigenvalue weighted by Gasteiger charge is -2.07. The molecule has 2 aromatic carbocycles. The van der Waals surface area contributed by atoms with Crippen molar-refractivity contribution in [2.75, 3.05) is 13.2 Å². The zero-order valence-electron chi connectivity index (χ0n) is 15.4. The van der Waals surface area contributed by atoms with E-state index in [1.807, 2.05) is 31.2 Å². The summed E-state index contributed by atoms with van der Waals surface area (Å²) in [4.78, 5) is 13.7. The molecular weight excluding hydrogens is 459 g/mol. The van der Waals surface area contributed by atoms with Crippen LogP contribution in [0.2, 0.25) is 0 Å². The Balaban J connectivity index is 1.44. The van der Waals surface area contributed by atoms with Gasteiger partial charge in [-0.1, -0.05) is 22.0 Å². The van der Waals surface area contributed by atoms with Gasteiger partial charge in [0.15, 0.2) is 0 Å². The zero-order valence-corrected chi connectivity index (χ0v) is 17.8. The number of esters is 1. The quantitative estimate of drug-likeness (QED) is 0.272. The SMILES string of the molecule is Cc1nn(-c2ccc(F)cc2)c2sc(C(=O)OCCOc3cccc(Br)c3)cc12. The van der Waals surface area contributed by atoms with Gasteiger partial charge in [0, 0.05) is 9.86 Å². The van der Waals surface area contributed by atoms with Crippen LogP contribution < -0.4 is 4.74 Å². The summed E-state index contributed by atoms with van der Waals surface area (Å²) in [7, 11) is 0. The number of aromatic nitrogens is 2. The van der Waals surface area contributed by atoms with E-state index in [1.165, 1.54) is 23.5 Å². The summed E-state index contributed by atoms with van der Waals surface area (Å²) in [5.74, 6) is -0.0178. The van der Waals surface area contributed by atoms with E-state index in [-0.39, 0.29) is 19.0 Å². The number of halogens is 2. The van der Waals surface area contributed by atoms with Crippen LogP contribution >= 0.6 is 27.3 Å². The number of thiophene rings is 1. The summed E-state index contributed by atoms with van der Waals surface area (Å²) in [6, 6.07) is 15.3. The summed E-state index contributed by atoms with van der Waals surface area (Å²) in [5, 5.41) is 5.37. The molecular formula is C21H16BrFN2O3S. The molecule has 4 rings (SSSR count). The van der Waals surface area contributed by atoms with Gasteiger partial charge in [-0.3, -0.25) is 0 Å². The first-order chi connectivity index (χ1) is 14.0. The number of carbonyl (C=O) groups excluding carboxylic acids is 1. The summed E-state index contributed by atoms with van der Waals surface area (Å²) in [5.41, 5.74) is 1.52. The lowest BCUT2D eigenvalue weighted by atomic mass is 10.3. The third-order valence-corrected chi connectivity index (χ3v) is 5.78. The first-order valence-electron chi connectivity index (χ1n) is 8.82. The molecule has 5 nitrogen and oxygen atoms in total. The Labute approximate surface area is 178 Å². The Morgan fingerprint density at radius 3 is 2.72 bits per heavy atom. The average molecular weight is 475 g/mol. The van der Waals surface area contributed by atoms with E-state index in [9.17, 15) is 9.18 Å². The maximum absolute atomic E-state index is 13.2. The zero-order chi connectivity index (χ0) is 20.4.